The van der Waals surface area contributed by atoms with E-state index >= 15 is 0 Å². The Balaban J connectivity index is 2.68. The van der Waals surface area contributed by atoms with Crippen LogP contribution < -0.4 is 0 Å². The second-order valence-electron chi connectivity index (χ2n) is 3.58. The van der Waals surface area contributed by atoms with Crippen LogP contribution in [0.4, 0.5) is 0 Å². The third-order valence-corrected chi connectivity index (χ3v) is 2.83. The van der Waals surface area contributed by atoms with Gasteiger partial charge in [-0.15, -0.1) is 0 Å². The minimum absolute atomic E-state index is 0.0423. The van der Waals surface area contributed by atoms with Gasteiger partial charge in [-0.3, -0.25) is 0 Å². The van der Waals surface area contributed by atoms with Crippen molar-refractivity contribution >= 4 is 15.8 Å². The van der Waals surface area contributed by atoms with Crippen LogP contribution in [0.1, 0.15) is 25.0 Å². The molecule has 0 saturated heterocycles. The van der Waals surface area contributed by atoms with Crippen LogP contribution >= 0.6 is 0 Å². The quantitative estimate of drug-likeness (QED) is 0.526. The van der Waals surface area contributed by atoms with E-state index in [1.165, 1.54) is 16.7 Å². The summed E-state index contributed by atoms with van der Waals surface area (Å²) in [4.78, 5) is 0. The van der Waals surface area contributed by atoms with Crippen LogP contribution in [0.3, 0.4) is 0 Å². The predicted molar refractivity (Wildman–Crippen MR) is 53.2 cm³/mol. The van der Waals surface area contributed by atoms with Gasteiger partial charge in [-0.25, -0.2) is 0 Å². The first-order chi connectivity index (χ1) is 5.61. The third-order valence-electron chi connectivity index (χ3n) is 2.42. The molecule has 1 aromatic rings. The monoisotopic (exact) mass is 171 g/mol. The maximum atomic E-state index is 3.76. The van der Waals surface area contributed by atoms with E-state index in [1.54, 1.807) is 0 Å². The molecule has 0 bridgehead atoms. The molecular weight excluding hydrogens is 160 g/mol. The topological polar surface area (TPSA) is 0 Å². The molecule has 59 valence electrons. The van der Waals surface area contributed by atoms with Gasteiger partial charge in [0, 0.05) is 10.2 Å². The third kappa shape index (κ3) is 0.968. The van der Waals surface area contributed by atoms with Crippen LogP contribution in [-0.4, -0.2) is 10.2 Å². The summed E-state index contributed by atoms with van der Waals surface area (Å²) in [5, 5.41) is 0.0423. The molecule has 0 N–H and O–H groups in total. The molecule has 1 heteroatoms. The van der Waals surface area contributed by atoms with Crippen molar-refractivity contribution < 1.29 is 0 Å². The number of benzene rings is 1. The first-order valence-electron chi connectivity index (χ1n) is 4.15. The lowest BCUT2D eigenvalue weighted by atomic mass is 10.0. The number of hydrogen-bond donors (Lipinski definition) is 0. The van der Waals surface area contributed by atoms with Gasteiger partial charge in [0.1, 0.15) is 0 Å². The van der Waals surface area contributed by atoms with Gasteiger partial charge in [0.2, 0.25) is 0 Å². The van der Waals surface area contributed by atoms with Crippen LogP contribution in [0, 0.1) is 0 Å². The van der Waals surface area contributed by atoms with Crippen LogP contribution in [0.2, 0.25) is 0 Å². The Bertz CT molecular complexity index is 348. The molecule has 0 nitrogen and oxygen atoms in total. The van der Waals surface area contributed by atoms with E-state index in [0.29, 0.717) is 0 Å². The maximum Gasteiger partial charge on any atom is 0.0432 e. The molecule has 0 amide bonds. The lowest BCUT2D eigenvalue weighted by Crippen LogP contribution is -2.15. The Hall–Kier alpha value is -0.823. The fourth-order valence-electron chi connectivity index (χ4n) is 1.87. The lowest BCUT2D eigenvalue weighted by molar-refractivity contribution is 0.879. The number of hydrogen-bond acceptors (Lipinski definition) is 0. The minimum atomic E-state index is 0.0423. The highest BCUT2D eigenvalue weighted by Crippen LogP contribution is 2.37. The minimum Gasteiger partial charge on any atom is -0.0743 e. The molecule has 12 heavy (non-hydrogen) atoms. The molecule has 1 aliphatic carbocycles. The summed E-state index contributed by atoms with van der Waals surface area (Å²) in [6.45, 7) is 4.34. The Labute approximate surface area is 76.7 Å². The largest absolute Gasteiger partial charge is 0.0743 e. The molecule has 0 aliphatic heterocycles. The van der Waals surface area contributed by atoms with E-state index in [4.69, 9.17) is 0 Å². The van der Waals surface area contributed by atoms with Gasteiger partial charge >= 0.3 is 0 Å². The second-order valence-corrected chi connectivity index (χ2v) is 4.61. The summed E-state index contributed by atoms with van der Waals surface area (Å²) in [7, 11) is 3.76. The van der Waals surface area contributed by atoms with Crippen molar-refractivity contribution in [3.63, 3.8) is 0 Å². The van der Waals surface area contributed by atoms with E-state index in [-0.39, 0.29) is 5.04 Å². The zero-order chi connectivity index (χ0) is 8.77. The van der Waals surface area contributed by atoms with E-state index in [2.05, 4.69) is 54.4 Å². The smallest absolute Gasteiger partial charge is 0.0432 e. The van der Waals surface area contributed by atoms with E-state index in [0.717, 1.165) is 0 Å². The van der Waals surface area contributed by atoms with Crippen molar-refractivity contribution in [2.24, 2.45) is 0 Å². The molecule has 0 saturated carbocycles. The van der Waals surface area contributed by atoms with Gasteiger partial charge in [0.05, 0.1) is 0 Å². The number of allylic oxidation sites excluding steroid dienone is 2. The highest BCUT2D eigenvalue weighted by Gasteiger charge is 2.26. The molecule has 2 rings (SSSR count). The normalized spacial score (nSPS) is 26.8. The second kappa shape index (κ2) is 2.33. The molecule has 0 spiro atoms. The van der Waals surface area contributed by atoms with Gasteiger partial charge in [-0.05, 0) is 28.7 Å². The summed E-state index contributed by atoms with van der Waals surface area (Å²) in [5.41, 5.74) is 4.11. The standard InChI is InChI=1S/C11H11Si/c1-8-7-11(2,12)10-6-4-3-5-9(8)10/h3-7H,1-2H3. The zero-order valence-electron chi connectivity index (χ0n) is 7.39. The Morgan fingerprint density at radius 2 is 1.92 bits per heavy atom. The average molecular weight is 171 g/mol. The SMILES string of the molecule is CC1=CC(C)([Si])c2ccccc21. The van der Waals surface area contributed by atoms with Gasteiger partial charge in [0.25, 0.3) is 0 Å². The summed E-state index contributed by atoms with van der Waals surface area (Å²) in [5.74, 6) is 0. The van der Waals surface area contributed by atoms with Gasteiger partial charge < -0.3 is 0 Å². The molecule has 1 aromatic carbocycles. The lowest BCUT2D eigenvalue weighted by Gasteiger charge is -2.16. The van der Waals surface area contributed by atoms with Crippen LogP contribution in [-0.2, 0) is 5.04 Å². The van der Waals surface area contributed by atoms with Gasteiger partial charge in [-0.2, -0.15) is 0 Å². The molecule has 1 unspecified atom stereocenters. The molecule has 3 radical (unpaired) electrons. The van der Waals surface area contributed by atoms with E-state index < -0.39 is 0 Å². The molecule has 0 aromatic heterocycles. The fraction of sp³-hybridized carbons (Fsp3) is 0.273. The van der Waals surface area contributed by atoms with Gasteiger partial charge in [-0.1, -0.05) is 37.3 Å². The molecule has 1 atom stereocenters. The zero-order valence-corrected chi connectivity index (χ0v) is 8.39. The van der Waals surface area contributed by atoms with Crippen LogP contribution in [0.5, 0.6) is 0 Å². The summed E-state index contributed by atoms with van der Waals surface area (Å²) < 4.78 is 0. The van der Waals surface area contributed by atoms with Crippen molar-refractivity contribution in [1.29, 1.82) is 0 Å². The van der Waals surface area contributed by atoms with E-state index in [1.807, 2.05) is 0 Å². The van der Waals surface area contributed by atoms with Crippen molar-refractivity contribution in [3.8, 4) is 0 Å². The van der Waals surface area contributed by atoms with Crippen molar-refractivity contribution in [2.45, 2.75) is 18.9 Å². The highest BCUT2D eigenvalue weighted by molar-refractivity contribution is 6.19. The van der Waals surface area contributed by atoms with E-state index in [9.17, 15) is 0 Å². The Kier molecular flexibility index (Phi) is 1.52. The molecule has 0 fully saturated rings. The van der Waals surface area contributed by atoms with Crippen molar-refractivity contribution in [1.82, 2.24) is 0 Å². The molecular formula is C11H11Si. The Morgan fingerprint density at radius 3 is 2.58 bits per heavy atom. The predicted octanol–water partition coefficient (Wildman–Crippen LogP) is 2.49. The highest BCUT2D eigenvalue weighted by atomic mass is 28.1. The number of fused-ring (bicyclic) bond motifs is 1. The van der Waals surface area contributed by atoms with Gasteiger partial charge in [0.15, 0.2) is 0 Å². The summed E-state index contributed by atoms with van der Waals surface area (Å²) >= 11 is 0. The van der Waals surface area contributed by atoms with Crippen molar-refractivity contribution in [2.75, 3.05) is 0 Å². The molecule has 1 aliphatic rings. The average Bonchev–Trinajstić information content (AvgIpc) is 2.25. The van der Waals surface area contributed by atoms with Crippen molar-refractivity contribution in [3.05, 3.63) is 41.5 Å². The maximum absolute atomic E-state index is 3.76. The summed E-state index contributed by atoms with van der Waals surface area (Å²) in [6, 6.07) is 8.52. The summed E-state index contributed by atoms with van der Waals surface area (Å²) in [6.07, 6.45) is 2.26. The van der Waals surface area contributed by atoms with Crippen LogP contribution in [0.15, 0.2) is 30.3 Å². The Morgan fingerprint density at radius 1 is 1.25 bits per heavy atom. The van der Waals surface area contributed by atoms with Crippen LogP contribution in [0.25, 0.3) is 5.57 Å². The number of rotatable bonds is 0. The fourth-order valence-corrected chi connectivity index (χ4v) is 2.30. The first-order valence-corrected chi connectivity index (χ1v) is 4.65. The first kappa shape index (κ1) is 7.81. The molecule has 0 heterocycles.